The molecule has 0 bridgehead atoms. The quantitative estimate of drug-likeness (QED) is 0.565. The van der Waals surface area contributed by atoms with Crippen molar-refractivity contribution in [2.45, 2.75) is 63.4 Å². The van der Waals surface area contributed by atoms with Crippen molar-refractivity contribution in [2.24, 2.45) is 5.41 Å². The van der Waals surface area contributed by atoms with Crippen molar-refractivity contribution in [1.29, 1.82) is 0 Å². The smallest absolute Gasteiger partial charge is 0.382 e. The molecule has 0 aromatic rings. The highest BCUT2D eigenvalue weighted by atomic mass is 19.4. The third-order valence-corrected chi connectivity index (χ3v) is 3.80. The summed E-state index contributed by atoms with van der Waals surface area (Å²) in [4.78, 5) is 11.6. The van der Waals surface area contributed by atoms with Gasteiger partial charge in [-0.1, -0.05) is 6.92 Å². The van der Waals surface area contributed by atoms with Crippen LogP contribution in [0.5, 0.6) is 0 Å². The summed E-state index contributed by atoms with van der Waals surface area (Å²) in [5, 5.41) is 0. The third-order valence-electron chi connectivity index (χ3n) is 3.80. The van der Waals surface area contributed by atoms with Crippen molar-refractivity contribution in [2.75, 3.05) is 0 Å². The Morgan fingerprint density at radius 1 is 1.05 bits per heavy atom. The zero-order valence-corrected chi connectivity index (χ0v) is 11.8. The fraction of sp³-hybridized carbons (Fsp3) is 0.917. The molecule has 0 aromatic heterocycles. The van der Waals surface area contributed by atoms with Crippen LogP contribution in [0.1, 0.15) is 33.6 Å². The molecule has 130 valence electrons. The van der Waals surface area contributed by atoms with E-state index in [1.54, 1.807) is 0 Å². The summed E-state index contributed by atoms with van der Waals surface area (Å²) in [5.41, 5.74) is -1.42. The number of esters is 1. The van der Waals surface area contributed by atoms with Crippen LogP contribution in [-0.4, -0.2) is 35.8 Å². The molecule has 0 aromatic carbocycles. The van der Waals surface area contributed by atoms with E-state index in [0.717, 1.165) is 0 Å². The summed E-state index contributed by atoms with van der Waals surface area (Å²) >= 11 is 0. The van der Waals surface area contributed by atoms with Crippen molar-refractivity contribution < 1.29 is 44.7 Å². The number of hydrogen-bond donors (Lipinski definition) is 0. The zero-order valence-electron chi connectivity index (χ0n) is 11.8. The van der Waals surface area contributed by atoms with E-state index in [4.69, 9.17) is 0 Å². The highest BCUT2D eigenvalue weighted by Crippen LogP contribution is 2.60. The zero-order chi connectivity index (χ0) is 17.8. The average Bonchev–Trinajstić information content (AvgIpc) is 2.35. The van der Waals surface area contributed by atoms with Gasteiger partial charge in [0.05, 0.1) is 11.8 Å². The molecule has 0 saturated heterocycles. The van der Waals surface area contributed by atoms with Crippen molar-refractivity contribution in [3.8, 4) is 0 Å². The van der Waals surface area contributed by atoms with Crippen molar-refractivity contribution in [1.82, 2.24) is 0 Å². The van der Waals surface area contributed by atoms with Gasteiger partial charge in [0.15, 0.2) is 6.10 Å². The predicted octanol–water partition coefficient (Wildman–Crippen LogP) is 4.28. The van der Waals surface area contributed by atoms with E-state index in [1.807, 2.05) is 0 Å². The van der Waals surface area contributed by atoms with Crippen LogP contribution in [0.4, 0.5) is 35.1 Å². The minimum Gasteiger partial charge on any atom is -0.455 e. The summed E-state index contributed by atoms with van der Waals surface area (Å²) in [7, 11) is 0. The van der Waals surface area contributed by atoms with Gasteiger partial charge in [0.1, 0.15) is 0 Å². The van der Waals surface area contributed by atoms with Gasteiger partial charge in [0.25, 0.3) is 0 Å². The van der Waals surface area contributed by atoms with Gasteiger partial charge in [-0.05, 0) is 20.3 Å². The number of rotatable bonds is 3. The summed E-state index contributed by atoms with van der Waals surface area (Å²) in [6.07, 6.45) is -5.71. The minimum atomic E-state index is -6.36. The molecular formula is C12H14F8O2. The summed E-state index contributed by atoms with van der Waals surface area (Å²) in [5.74, 6) is -25.1. The van der Waals surface area contributed by atoms with Crippen molar-refractivity contribution in [3.63, 3.8) is 0 Å². The standard InChI is InChI=1S/C12H14F8O2/c1-4-8(2,3)7(21)22-6-5-9(13,14)11(17,18)12(19,20)10(6,15)16/h6H,4-5H2,1-3H3. The van der Waals surface area contributed by atoms with Gasteiger partial charge in [-0.3, -0.25) is 4.79 Å². The fourth-order valence-corrected chi connectivity index (χ4v) is 1.68. The van der Waals surface area contributed by atoms with Gasteiger partial charge in [-0.2, -0.15) is 35.1 Å². The Hall–Kier alpha value is -1.09. The normalized spacial score (nSPS) is 29.0. The van der Waals surface area contributed by atoms with Crippen LogP contribution >= 0.6 is 0 Å². The van der Waals surface area contributed by atoms with E-state index >= 15 is 0 Å². The van der Waals surface area contributed by atoms with Crippen molar-refractivity contribution in [3.05, 3.63) is 0 Å². The van der Waals surface area contributed by atoms with Gasteiger partial charge < -0.3 is 4.74 Å². The average molecular weight is 342 g/mol. The van der Waals surface area contributed by atoms with Crippen LogP contribution < -0.4 is 0 Å². The summed E-state index contributed by atoms with van der Waals surface area (Å²) in [6, 6.07) is 0. The number of alkyl halides is 8. The number of hydrogen-bond acceptors (Lipinski definition) is 2. The Labute approximate surface area is 120 Å². The van der Waals surface area contributed by atoms with E-state index in [-0.39, 0.29) is 6.42 Å². The Balaban J connectivity index is 3.20. The molecular weight excluding hydrogens is 328 g/mol. The van der Waals surface area contributed by atoms with E-state index in [9.17, 15) is 39.9 Å². The number of carbonyl (C=O) groups is 1. The molecule has 2 nitrogen and oxygen atoms in total. The molecule has 22 heavy (non-hydrogen) atoms. The second-order valence-electron chi connectivity index (χ2n) is 5.81. The van der Waals surface area contributed by atoms with Gasteiger partial charge in [0.2, 0.25) is 0 Å². The molecule has 0 aliphatic heterocycles. The number of halogens is 8. The van der Waals surface area contributed by atoms with Crippen LogP contribution in [0, 0.1) is 5.41 Å². The first-order valence-corrected chi connectivity index (χ1v) is 6.27. The lowest BCUT2D eigenvalue weighted by Gasteiger charge is -2.45. The first kappa shape index (κ1) is 19.0. The van der Waals surface area contributed by atoms with E-state index < -0.39 is 47.6 Å². The second kappa shape index (κ2) is 4.95. The van der Waals surface area contributed by atoms with E-state index in [2.05, 4.69) is 4.74 Å². The lowest BCUT2D eigenvalue weighted by atomic mass is 9.83. The first-order chi connectivity index (χ1) is 9.54. The lowest BCUT2D eigenvalue weighted by Crippen LogP contribution is -2.71. The molecule has 0 heterocycles. The number of carbonyl (C=O) groups excluding carboxylic acids is 1. The molecule has 1 rings (SSSR count). The van der Waals surface area contributed by atoms with Crippen molar-refractivity contribution >= 4 is 5.97 Å². The molecule has 0 amide bonds. The topological polar surface area (TPSA) is 26.3 Å². The van der Waals surface area contributed by atoms with Crippen LogP contribution in [0.25, 0.3) is 0 Å². The maximum atomic E-state index is 13.5. The summed E-state index contributed by atoms with van der Waals surface area (Å²) in [6.45, 7) is 3.86. The van der Waals surface area contributed by atoms with E-state index in [1.165, 1.54) is 20.8 Å². The maximum absolute atomic E-state index is 13.5. The van der Waals surface area contributed by atoms with Crippen LogP contribution in [0.15, 0.2) is 0 Å². The Morgan fingerprint density at radius 2 is 1.50 bits per heavy atom. The highest BCUT2D eigenvalue weighted by Gasteiger charge is 2.87. The second-order valence-corrected chi connectivity index (χ2v) is 5.81. The molecule has 0 N–H and O–H groups in total. The molecule has 1 fully saturated rings. The highest BCUT2D eigenvalue weighted by molar-refractivity contribution is 5.76. The SMILES string of the molecule is CCC(C)(C)C(=O)OC1CC(F)(F)C(F)(F)C(F)(F)C1(F)F. The lowest BCUT2D eigenvalue weighted by molar-refractivity contribution is -0.413. The first-order valence-electron chi connectivity index (χ1n) is 6.27. The monoisotopic (exact) mass is 342 g/mol. The van der Waals surface area contributed by atoms with Gasteiger partial charge in [0, 0.05) is 0 Å². The molecule has 1 unspecified atom stereocenters. The largest absolute Gasteiger partial charge is 0.455 e. The third kappa shape index (κ3) is 2.44. The molecule has 1 atom stereocenters. The van der Waals surface area contributed by atoms with Crippen LogP contribution in [0.3, 0.4) is 0 Å². The minimum absolute atomic E-state index is 0.0348. The Morgan fingerprint density at radius 3 is 1.91 bits per heavy atom. The molecule has 0 spiro atoms. The molecule has 0 radical (unpaired) electrons. The van der Waals surface area contributed by atoms with Gasteiger partial charge in [-0.25, -0.2) is 0 Å². The van der Waals surface area contributed by atoms with Crippen LogP contribution in [0.2, 0.25) is 0 Å². The van der Waals surface area contributed by atoms with Gasteiger partial charge >= 0.3 is 29.7 Å². The maximum Gasteiger partial charge on any atom is 0.382 e. The van der Waals surface area contributed by atoms with Gasteiger partial charge in [-0.15, -0.1) is 0 Å². The van der Waals surface area contributed by atoms with E-state index in [0.29, 0.717) is 0 Å². The Bertz CT molecular complexity index is 458. The molecule has 1 aliphatic carbocycles. The Kier molecular flexibility index (Phi) is 4.27. The molecule has 1 saturated carbocycles. The molecule has 1 aliphatic rings. The fourth-order valence-electron chi connectivity index (χ4n) is 1.68. The molecule has 10 heteroatoms. The van der Waals surface area contributed by atoms with Crippen LogP contribution in [-0.2, 0) is 9.53 Å². The summed E-state index contributed by atoms with van der Waals surface area (Å²) < 4.78 is 110. The predicted molar refractivity (Wildman–Crippen MR) is 58.4 cm³/mol. The number of ether oxygens (including phenoxy) is 1.